The van der Waals surface area contributed by atoms with E-state index in [0.29, 0.717) is 0 Å². The van der Waals surface area contributed by atoms with Gasteiger partial charge >= 0.3 is 0 Å². The van der Waals surface area contributed by atoms with Crippen LogP contribution in [0.25, 0.3) is 0 Å². The van der Waals surface area contributed by atoms with Gasteiger partial charge in [0.1, 0.15) is 0 Å². The Hall–Kier alpha value is -2.22. The van der Waals surface area contributed by atoms with Crippen molar-refractivity contribution in [3.05, 3.63) is 70.0 Å². The van der Waals surface area contributed by atoms with Crippen LogP contribution in [0.4, 0.5) is 11.4 Å². The van der Waals surface area contributed by atoms with E-state index in [1.165, 1.54) is 44.8 Å². The molecule has 1 aliphatic rings. The van der Waals surface area contributed by atoms with Crippen molar-refractivity contribution in [2.45, 2.75) is 157 Å². The third kappa shape index (κ3) is 7.06. The molecule has 0 aliphatic carbocycles. The molecule has 2 heteroatoms. The third-order valence-electron chi connectivity index (χ3n) is 8.49. The van der Waals surface area contributed by atoms with E-state index in [2.05, 4.69) is 171 Å². The largest absolute Gasteiger partial charge is 0.327 e. The molecule has 0 aromatic heterocycles. The van der Waals surface area contributed by atoms with Crippen molar-refractivity contribution in [3.8, 4) is 0 Å². The number of rotatable bonds is 2. The van der Waals surface area contributed by atoms with Gasteiger partial charge < -0.3 is 9.80 Å². The van der Waals surface area contributed by atoms with Crippen LogP contribution < -0.4 is 9.80 Å². The van der Waals surface area contributed by atoms with Gasteiger partial charge in [-0.1, -0.05) is 149 Å². The molecule has 0 amide bonds. The Labute approximate surface area is 254 Å². The number of nitrogens with zero attached hydrogens (tertiary/aromatic N) is 2. The fourth-order valence-electron chi connectivity index (χ4n) is 5.75. The predicted molar refractivity (Wildman–Crippen MR) is 184 cm³/mol. The lowest BCUT2D eigenvalue weighted by Gasteiger charge is -2.39. The third-order valence-corrected chi connectivity index (χ3v) is 8.49. The van der Waals surface area contributed by atoms with Crippen LogP contribution in [0.15, 0.2) is 36.7 Å². The molecule has 0 atom stereocenters. The normalized spacial score (nSPS) is 15.8. The molecular formula is C39H62N2. The summed E-state index contributed by atoms with van der Waals surface area (Å²) in [6.45, 7) is 43.2. The van der Waals surface area contributed by atoms with Gasteiger partial charge in [-0.2, -0.15) is 0 Å². The van der Waals surface area contributed by atoms with Crippen molar-refractivity contribution in [3.63, 3.8) is 0 Å². The van der Waals surface area contributed by atoms with Crippen LogP contribution in [0, 0.1) is 0 Å². The molecule has 2 aromatic carbocycles. The van der Waals surface area contributed by atoms with Crippen LogP contribution in [0.1, 0.15) is 158 Å². The first-order chi connectivity index (χ1) is 18.1. The van der Waals surface area contributed by atoms with E-state index in [4.69, 9.17) is 0 Å². The molecular weight excluding hydrogens is 496 g/mol. The van der Waals surface area contributed by atoms with Crippen molar-refractivity contribution < 1.29 is 0 Å². The highest BCUT2D eigenvalue weighted by Gasteiger charge is 2.36. The molecule has 2 nitrogen and oxygen atoms in total. The zero-order valence-electron chi connectivity index (χ0n) is 30.1. The lowest BCUT2D eigenvalue weighted by Crippen LogP contribution is -2.33. The molecule has 0 fully saturated rings. The second-order valence-corrected chi connectivity index (χ2v) is 18.7. The summed E-state index contributed by atoms with van der Waals surface area (Å²) in [6, 6.07) is 9.95. The van der Waals surface area contributed by atoms with Gasteiger partial charge in [-0.05, 0) is 65.9 Å². The van der Waals surface area contributed by atoms with E-state index in [9.17, 15) is 0 Å². The Bertz CT molecular complexity index is 1120. The molecule has 41 heavy (non-hydrogen) atoms. The van der Waals surface area contributed by atoms with Crippen molar-refractivity contribution in [1.29, 1.82) is 0 Å². The van der Waals surface area contributed by atoms with Gasteiger partial charge in [0.05, 0.1) is 6.67 Å². The van der Waals surface area contributed by atoms with Crippen molar-refractivity contribution >= 4 is 11.4 Å². The Kier molecular flexibility index (Phi) is 8.28. The molecule has 0 unspecified atom stereocenters. The van der Waals surface area contributed by atoms with Gasteiger partial charge in [-0.3, -0.25) is 0 Å². The summed E-state index contributed by atoms with van der Waals surface area (Å²) < 4.78 is 0. The molecule has 228 valence electrons. The molecule has 0 spiro atoms. The van der Waals surface area contributed by atoms with E-state index in [1.54, 1.807) is 0 Å². The van der Waals surface area contributed by atoms with Gasteiger partial charge in [-0.25, -0.2) is 0 Å². The van der Waals surface area contributed by atoms with Crippen LogP contribution in [-0.2, 0) is 32.5 Å². The summed E-state index contributed by atoms with van der Waals surface area (Å²) in [5.41, 5.74) is 11.5. The smallest absolute Gasteiger partial charge is 0.0989 e. The second kappa shape index (κ2) is 10.2. The average molecular weight is 559 g/mol. The zero-order valence-corrected chi connectivity index (χ0v) is 30.1. The summed E-state index contributed by atoms with van der Waals surface area (Å²) >= 11 is 0. The predicted octanol–water partition coefficient (Wildman–Crippen LogP) is 11.2. The van der Waals surface area contributed by atoms with Crippen molar-refractivity contribution in [2.24, 2.45) is 0 Å². The fourth-order valence-corrected chi connectivity index (χ4v) is 5.75. The molecule has 0 saturated carbocycles. The lowest BCUT2D eigenvalue weighted by molar-refractivity contribution is 0.546. The Morgan fingerprint density at radius 1 is 0.366 bits per heavy atom. The van der Waals surface area contributed by atoms with E-state index in [1.807, 2.05) is 0 Å². The number of anilines is 2. The highest BCUT2D eigenvalue weighted by molar-refractivity contribution is 5.73. The number of benzene rings is 2. The van der Waals surface area contributed by atoms with E-state index >= 15 is 0 Å². The van der Waals surface area contributed by atoms with Gasteiger partial charge in [0.25, 0.3) is 0 Å². The average Bonchev–Trinajstić information content (AvgIpc) is 3.23. The number of hydrogen-bond donors (Lipinski definition) is 0. The summed E-state index contributed by atoms with van der Waals surface area (Å²) in [5.74, 6) is 0. The van der Waals surface area contributed by atoms with Crippen LogP contribution in [0.3, 0.4) is 0 Å². The van der Waals surface area contributed by atoms with E-state index in [0.717, 1.165) is 6.67 Å². The maximum atomic E-state index is 2.52. The second-order valence-electron chi connectivity index (χ2n) is 18.7. The topological polar surface area (TPSA) is 6.48 Å². The minimum absolute atomic E-state index is 0.0132. The minimum atomic E-state index is 0.0132. The van der Waals surface area contributed by atoms with Gasteiger partial charge in [-0.15, -0.1) is 0 Å². The molecule has 0 N–H and O–H groups in total. The summed E-state index contributed by atoms with van der Waals surface area (Å²) in [4.78, 5) is 5.04. The first-order valence-corrected chi connectivity index (χ1v) is 15.7. The molecule has 3 rings (SSSR count). The molecule has 1 aliphatic heterocycles. The first kappa shape index (κ1) is 33.3. The standard InChI is InChI=1S/C39H62N2/c1-34(2,3)26-21-28(36(7,8)9)32(29(22-26)37(10,11)12)40-19-20-41(25-40)33-30(38(13,14)15)23-27(35(4,5)6)24-31(33)39(16,17)18/h19-24H,25H2,1-18H3. The summed E-state index contributed by atoms with van der Waals surface area (Å²) in [6.07, 6.45) is 4.65. The van der Waals surface area contributed by atoms with Crippen LogP contribution in [0.2, 0.25) is 0 Å². The maximum Gasteiger partial charge on any atom is 0.0989 e. The minimum Gasteiger partial charge on any atom is -0.327 e. The Balaban J connectivity index is 2.31. The van der Waals surface area contributed by atoms with Crippen LogP contribution in [-0.4, -0.2) is 6.67 Å². The highest BCUT2D eigenvalue weighted by atomic mass is 15.3. The van der Waals surface area contributed by atoms with Gasteiger partial charge in [0.2, 0.25) is 0 Å². The van der Waals surface area contributed by atoms with E-state index in [-0.39, 0.29) is 32.5 Å². The van der Waals surface area contributed by atoms with Gasteiger partial charge in [0.15, 0.2) is 0 Å². The summed E-state index contributed by atoms with van der Waals surface area (Å²) in [7, 11) is 0. The van der Waals surface area contributed by atoms with Gasteiger partial charge in [0, 0.05) is 23.8 Å². The number of hydrogen-bond acceptors (Lipinski definition) is 2. The fraction of sp³-hybridized carbons (Fsp3) is 0.641. The van der Waals surface area contributed by atoms with Crippen LogP contribution in [0.5, 0.6) is 0 Å². The summed E-state index contributed by atoms with van der Waals surface area (Å²) in [5, 5.41) is 0. The Morgan fingerprint density at radius 3 is 0.756 bits per heavy atom. The SMILES string of the molecule is CC(C)(C)c1cc(C(C)(C)C)c(N2C=CN(c3c(C(C)(C)C)cc(C(C)(C)C)cc3C(C)(C)C)C2)c(C(C)(C)C)c1. The Morgan fingerprint density at radius 2 is 0.585 bits per heavy atom. The van der Waals surface area contributed by atoms with Crippen molar-refractivity contribution in [1.82, 2.24) is 0 Å². The monoisotopic (exact) mass is 558 g/mol. The van der Waals surface area contributed by atoms with Crippen LogP contribution >= 0.6 is 0 Å². The molecule has 2 aromatic rings. The van der Waals surface area contributed by atoms with E-state index < -0.39 is 0 Å². The maximum absolute atomic E-state index is 2.52. The molecule has 0 saturated heterocycles. The lowest BCUT2D eigenvalue weighted by atomic mass is 9.73. The zero-order chi connectivity index (χ0) is 31.7. The molecule has 0 radical (unpaired) electrons. The van der Waals surface area contributed by atoms with Crippen molar-refractivity contribution in [2.75, 3.05) is 16.5 Å². The quantitative estimate of drug-likeness (QED) is 0.362. The molecule has 0 bridgehead atoms. The first-order valence-electron chi connectivity index (χ1n) is 15.7. The highest BCUT2D eigenvalue weighted by Crippen LogP contribution is 2.47. The molecule has 1 heterocycles.